The van der Waals surface area contributed by atoms with E-state index in [9.17, 15) is 9.59 Å². The van der Waals surface area contributed by atoms with Crippen LogP contribution in [0.3, 0.4) is 0 Å². The van der Waals surface area contributed by atoms with Crippen LogP contribution in [0.5, 0.6) is 5.75 Å². The van der Waals surface area contributed by atoms with Gasteiger partial charge >= 0.3 is 5.97 Å². The molecule has 3 aromatic rings. The number of carboxylic acid groups (broad SMARTS) is 1. The Hall–Kier alpha value is -3.26. The van der Waals surface area contributed by atoms with Crippen molar-refractivity contribution in [3.8, 4) is 5.75 Å². The number of carbonyl (C=O) groups excluding carboxylic acids is 1. The molecule has 7 nitrogen and oxygen atoms in total. The van der Waals surface area contributed by atoms with E-state index in [4.69, 9.17) is 9.84 Å². The Kier molecular flexibility index (Phi) is 7.11. The summed E-state index contributed by atoms with van der Waals surface area (Å²) >= 11 is 1.37. The van der Waals surface area contributed by atoms with E-state index in [1.165, 1.54) is 11.3 Å². The molecule has 1 aliphatic carbocycles. The number of benzene rings is 2. The summed E-state index contributed by atoms with van der Waals surface area (Å²) in [5.41, 5.74) is 1.66. The standard InChI is InChI=1S/C24H25N3O4S/c28-22(29)15-17-6-10-19(11-7-17)31-20-12-8-18(9-13-20)23(30)25-24-27-26-21(32-24)14-16-4-2-1-3-5-16/h1-5,8-9,12-13,17,19H,6-7,10-11,14-15H2,(H,28,29)(H,25,27,30)/t17-,19-. The fraction of sp³-hybridized carbons (Fsp3) is 0.333. The monoisotopic (exact) mass is 451 g/mol. The molecule has 0 unspecified atom stereocenters. The third-order valence-electron chi connectivity index (χ3n) is 5.56. The summed E-state index contributed by atoms with van der Waals surface area (Å²) in [5.74, 6) is -0.0198. The van der Waals surface area contributed by atoms with Crippen molar-refractivity contribution in [2.45, 2.75) is 44.6 Å². The Bertz CT molecular complexity index is 1040. The highest BCUT2D eigenvalue weighted by molar-refractivity contribution is 7.15. The van der Waals surface area contributed by atoms with Crippen molar-refractivity contribution in [2.24, 2.45) is 5.92 Å². The van der Waals surface area contributed by atoms with Crippen molar-refractivity contribution in [2.75, 3.05) is 5.32 Å². The fourth-order valence-electron chi connectivity index (χ4n) is 3.89. The van der Waals surface area contributed by atoms with Crippen molar-refractivity contribution in [1.29, 1.82) is 0 Å². The van der Waals surface area contributed by atoms with E-state index < -0.39 is 5.97 Å². The van der Waals surface area contributed by atoms with Crippen LogP contribution in [-0.2, 0) is 11.2 Å². The first-order valence-electron chi connectivity index (χ1n) is 10.7. The number of hydrogen-bond acceptors (Lipinski definition) is 6. The summed E-state index contributed by atoms with van der Waals surface area (Å²) in [6, 6.07) is 17.0. The van der Waals surface area contributed by atoms with Gasteiger partial charge in [-0.2, -0.15) is 0 Å². The highest BCUT2D eigenvalue weighted by Crippen LogP contribution is 2.30. The lowest BCUT2D eigenvalue weighted by Crippen LogP contribution is -2.25. The SMILES string of the molecule is O=C(O)C[C@H]1CC[C@H](Oc2ccc(C(=O)Nc3nnc(Cc4ccccc4)s3)cc2)CC1. The molecule has 1 amide bonds. The number of anilines is 1. The first-order valence-corrected chi connectivity index (χ1v) is 11.5. The summed E-state index contributed by atoms with van der Waals surface area (Å²) in [6.07, 6.45) is 4.43. The second kappa shape index (κ2) is 10.4. The number of carbonyl (C=O) groups is 2. The van der Waals surface area contributed by atoms with E-state index in [0.29, 0.717) is 22.9 Å². The van der Waals surface area contributed by atoms with Crippen LogP contribution < -0.4 is 10.1 Å². The number of amides is 1. The van der Waals surface area contributed by atoms with Crippen molar-refractivity contribution in [3.05, 3.63) is 70.7 Å². The van der Waals surface area contributed by atoms with E-state index in [1.54, 1.807) is 24.3 Å². The number of nitrogens with zero attached hydrogens (tertiary/aromatic N) is 2. The Morgan fingerprint density at radius 3 is 2.41 bits per heavy atom. The van der Waals surface area contributed by atoms with Gasteiger partial charge in [0.1, 0.15) is 10.8 Å². The largest absolute Gasteiger partial charge is 0.490 e. The summed E-state index contributed by atoms with van der Waals surface area (Å²) in [4.78, 5) is 23.4. The van der Waals surface area contributed by atoms with Crippen LogP contribution in [-0.4, -0.2) is 33.3 Å². The van der Waals surface area contributed by atoms with Gasteiger partial charge < -0.3 is 9.84 Å². The number of aromatic nitrogens is 2. The first kappa shape index (κ1) is 22.0. The Labute approximate surface area is 190 Å². The van der Waals surface area contributed by atoms with E-state index in [2.05, 4.69) is 15.5 Å². The minimum atomic E-state index is -0.732. The molecule has 1 saturated carbocycles. The van der Waals surface area contributed by atoms with Crippen molar-refractivity contribution in [3.63, 3.8) is 0 Å². The van der Waals surface area contributed by atoms with Crippen molar-refractivity contribution in [1.82, 2.24) is 10.2 Å². The van der Waals surface area contributed by atoms with E-state index >= 15 is 0 Å². The van der Waals surface area contributed by atoms with Gasteiger partial charge in [0.25, 0.3) is 5.91 Å². The third-order valence-corrected chi connectivity index (χ3v) is 6.40. The van der Waals surface area contributed by atoms with Gasteiger partial charge in [0, 0.05) is 18.4 Å². The lowest BCUT2D eigenvalue weighted by atomic mass is 9.85. The van der Waals surface area contributed by atoms with Crippen molar-refractivity contribution >= 4 is 28.3 Å². The molecule has 1 heterocycles. The molecule has 0 bridgehead atoms. The minimum absolute atomic E-state index is 0.0872. The Balaban J connectivity index is 1.27. The van der Waals surface area contributed by atoms with Gasteiger partial charge in [0.05, 0.1) is 6.10 Å². The highest BCUT2D eigenvalue weighted by Gasteiger charge is 2.24. The number of rotatable bonds is 8. The van der Waals surface area contributed by atoms with Crippen LogP contribution in [0.2, 0.25) is 0 Å². The lowest BCUT2D eigenvalue weighted by Gasteiger charge is -2.28. The van der Waals surface area contributed by atoms with E-state index in [0.717, 1.165) is 36.3 Å². The molecule has 166 valence electrons. The normalized spacial score (nSPS) is 18.1. The number of carboxylic acids is 1. The molecule has 2 aromatic carbocycles. The summed E-state index contributed by atoms with van der Waals surface area (Å²) < 4.78 is 6.02. The number of nitrogens with one attached hydrogen (secondary N) is 1. The maximum atomic E-state index is 12.5. The van der Waals surface area contributed by atoms with Gasteiger partial charge in [0.15, 0.2) is 0 Å². The molecule has 1 aliphatic rings. The van der Waals surface area contributed by atoms with E-state index in [1.807, 2.05) is 30.3 Å². The van der Waals surface area contributed by atoms with Crippen molar-refractivity contribution < 1.29 is 19.4 Å². The van der Waals surface area contributed by atoms with Crippen LogP contribution in [0.15, 0.2) is 54.6 Å². The molecule has 0 radical (unpaired) electrons. The molecule has 1 aromatic heterocycles. The van der Waals surface area contributed by atoms with Gasteiger partial charge in [-0.3, -0.25) is 14.9 Å². The van der Waals surface area contributed by atoms with Gasteiger partial charge in [-0.1, -0.05) is 41.7 Å². The second-order valence-corrected chi connectivity index (χ2v) is 9.06. The maximum absolute atomic E-state index is 12.5. The summed E-state index contributed by atoms with van der Waals surface area (Å²) in [7, 11) is 0. The highest BCUT2D eigenvalue weighted by atomic mass is 32.1. The molecule has 0 spiro atoms. The number of ether oxygens (including phenoxy) is 1. The molecular weight excluding hydrogens is 426 g/mol. The Morgan fingerprint density at radius 2 is 1.72 bits per heavy atom. The number of aliphatic carboxylic acids is 1. The van der Waals surface area contributed by atoms with Crippen LogP contribution in [0, 0.1) is 5.92 Å². The van der Waals surface area contributed by atoms with Gasteiger partial charge in [0.2, 0.25) is 5.13 Å². The van der Waals surface area contributed by atoms with Crippen LogP contribution in [0.1, 0.15) is 53.0 Å². The third kappa shape index (κ3) is 6.13. The second-order valence-electron chi connectivity index (χ2n) is 8.00. The minimum Gasteiger partial charge on any atom is -0.490 e. The molecule has 0 aliphatic heterocycles. The van der Waals surface area contributed by atoms with Gasteiger partial charge in [-0.15, -0.1) is 10.2 Å². The zero-order valence-corrected chi connectivity index (χ0v) is 18.4. The summed E-state index contributed by atoms with van der Waals surface area (Å²) in [6.45, 7) is 0. The number of hydrogen-bond donors (Lipinski definition) is 2. The molecular formula is C24H25N3O4S. The average Bonchev–Trinajstić information content (AvgIpc) is 3.22. The molecule has 0 atom stereocenters. The van der Waals surface area contributed by atoms with Crippen LogP contribution in [0.25, 0.3) is 0 Å². The van der Waals surface area contributed by atoms with Gasteiger partial charge in [-0.05, 0) is 61.4 Å². The predicted octanol–water partition coefficient (Wildman–Crippen LogP) is 4.79. The molecule has 1 fully saturated rings. The molecule has 0 saturated heterocycles. The zero-order chi connectivity index (χ0) is 22.3. The van der Waals surface area contributed by atoms with Crippen LogP contribution in [0.4, 0.5) is 5.13 Å². The first-order chi connectivity index (χ1) is 15.5. The van der Waals surface area contributed by atoms with Gasteiger partial charge in [-0.25, -0.2) is 0 Å². The molecule has 32 heavy (non-hydrogen) atoms. The quantitative estimate of drug-likeness (QED) is 0.510. The fourth-order valence-corrected chi connectivity index (χ4v) is 4.66. The zero-order valence-electron chi connectivity index (χ0n) is 17.6. The summed E-state index contributed by atoms with van der Waals surface area (Å²) in [5, 5.41) is 21.3. The predicted molar refractivity (Wildman–Crippen MR) is 122 cm³/mol. The lowest BCUT2D eigenvalue weighted by molar-refractivity contribution is -0.138. The smallest absolute Gasteiger partial charge is 0.303 e. The topological polar surface area (TPSA) is 101 Å². The Morgan fingerprint density at radius 1 is 1.00 bits per heavy atom. The molecule has 8 heteroatoms. The molecule has 4 rings (SSSR count). The average molecular weight is 452 g/mol. The maximum Gasteiger partial charge on any atom is 0.303 e. The molecule has 2 N–H and O–H groups in total. The van der Waals surface area contributed by atoms with E-state index in [-0.39, 0.29) is 24.3 Å². The van der Waals surface area contributed by atoms with Crippen LogP contribution >= 0.6 is 11.3 Å².